The standard InChI is InChI=1S/C11H17NO/c1-7(13)12-10-3-8-2-9(5-10)6-11(12)4-8/h8-11H,2-6H2,1H3. The van der Waals surface area contributed by atoms with E-state index in [-0.39, 0.29) is 0 Å². The van der Waals surface area contributed by atoms with E-state index in [1.165, 1.54) is 32.1 Å². The van der Waals surface area contributed by atoms with E-state index in [0.29, 0.717) is 18.0 Å². The second-order valence-electron chi connectivity index (χ2n) is 5.14. The molecule has 2 nitrogen and oxygen atoms in total. The van der Waals surface area contributed by atoms with Crippen molar-refractivity contribution in [2.75, 3.05) is 0 Å². The Labute approximate surface area is 79.3 Å². The molecule has 0 spiro atoms. The highest BCUT2D eigenvalue weighted by Crippen LogP contribution is 2.48. The van der Waals surface area contributed by atoms with Gasteiger partial charge in [-0.15, -0.1) is 0 Å². The van der Waals surface area contributed by atoms with Crippen LogP contribution in [0.3, 0.4) is 0 Å². The van der Waals surface area contributed by atoms with E-state index in [1.807, 2.05) is 0 Å². The van der Waals surface area contributed by atoms with Gasteiger partial charge >= 0.3 is 0 Å². The SMILES string of the molecule is CC(=O)N1C2CC3CC(C2)CC1C3. The summed E-state index contributed by atoms with van der Waals surface area (Å²) in [6.45, 7) is 1.74. The minimum Gasteiger partial charge on any atom is -0.337 e. The zero-order valence-corrected chi connectivity index (χ0v) is 8.20. The van der Waals surface area contributed by atoms with E-state index in [9.17, 15) is 4.79 Å². The van der Waals surface area contributed by atoms with Crippen molar-refractivity contribution in [1.29, 1.82) is 0 Å². The van der Waals surface area contributed by atoms with Crippen LogP contribution in [-0.4, -0.2) is 22.9 Å². The van der Waals surface area contributed by atoms with Gasteiger partial charge in [0, 0.05) is 19.0 Å². The topological polar surface area (TPSA) is 20.3 Å². The first-order valence-corrected chi connectivity index (χ1v) is 5.53. The highest BCUT2D eigenvalue weighted by Gasteiger charge is 2.47. The summed E-state index contributed by atoms with van der Waals surface area (Å²) in [6, 6.07) is 1.24. The van der Waals surface area contributed by atoms with E-state index < -0.39 is 0 Å². The molecule has 2 aliphatic carbocycles. The fraction of sp³-hybridized carbons (Fsp3) is 0.909. The Morgan fingerprint density at radius 2 is 1.46 bits per heavy atom. The van der Waals surface area contributed by atoms with Gasteiger partial charge in [0.1, 0.15) is 0 Å². The van der Waals surface area contributed by atoms with Crippen LogP contribution in [0.25, 0.3) is 0 Å². The molecule has 0 aromatic heterocycles. The number of nitrogens with zero attached hydrogens (tertiary/aromatic N) is 1. The van der Waals surface area contributed by atoms with Crippen molar-refractivity contribution in [2.45, 2.75) is 51.1 Å². The number of carbonyl (C=O) groups is 1. The lowest BCUT2D eigenvalue weighted by Crippen LogP contribution is -2.59. The van der Waals surface area contributed by atoms with Crippen LogP contribution in [0.1, 0.15) is 39.0 Å². The maximum atomic E-state index is 11.5. The lowest BCUT2D eigenvalue weighted by molar-refractivity contribution is -0.146. The number of carbonyl (C=O) groups excluding carboxylic acids is 1. The van der Waals surface area contributed by atoms with Crippen molar-refractivity contribution in [2.24, 2.45) is 11.8 Å². The number of amides is 1. The highest BCUT2D eigenvalue weighted by molar-refractivity contribution is 5.74. The molecule has 4 bridgehead atoms. The average molecular weight is 179 g/mol. The molecule has 2 aliphatic heterocycles. The third-order valence-corrected chi connectivity index (χ3v) is 4.24. The molecule has 0 aromatic rings. The van der Waals surface area contributed by atoms with Crippen LogP contribution < -0.4 is 0 Å². The van der Waals surface area contributed by atoms with E-state index in [0.717, 1.165) is 11.8 Å². The van der Waals surface area contributed by atoms with Gasteiger partial charge < -0.3 is 4.90 Å². The molecular formula is C11H17NO. The minimum absolute atomic E-state index is 0.314. The predicted octanol–water partition coefficient (Wildman–Crippen LogP) is 1.80. The summed E-state index contributed by atoms with van der Waals surface area (Å²) in [6.07, 6.45) is 6.65. The summed E-state index contributed by atoms with van der Waals surface area (Å²) >= 11 is 0. The number of piperidine rings is 2. The third-order valence-electron chi connectivity index (χ3n) is 4.24. The van der Waals surface area contributed by atoms with Crippen LogP contribution in [0, 0.1) is 11.8 Å². The lowest BCUT2D eigenvalue weighted by Gasteiger charge is -2.56. The van der Waals surface area contributed by atoms with Gasteiger partial charge in [0.2, 0.25) is 5.91 Å². The molecule has 1 amide bonds. The first kappa shape index (κ1) is 7.84. The molecule has 0 radical (unpaired) electrons. The molecule has 2 heterocycles. The molecule has 4 rings (SSSR count). The molecule has 13 heavy (non-hydrogen) atoms. The predicted molar refractivity (Wildman–Crippen MR) is 50.2 cm³/mol. The van der Waals surface area contributed by atoms with Gasteiger partial charge in [-0.2, -0.15) is 0 Å². The summed E-state index contributed by atoms with van der Waals surface area (Å²) in [5, 5.41) is 0. The molecule has 2 saturated carbocycles. The van der Waals surface area contributed by atoms with E-state index in [2.05, 4.69) is 4.90 Å². The van der Waals surface area contributed by atoms with Crippen molar-refractivity contribution in [3.05, 3.63) is 0 Å². The van der Waals surface area contributed by atoms with Crippen LogP contribution in [0.15, 0.2) is 0 Å². The van der Waals surface area contributed by atoms with Gasteiger partial charge in [-0.25, -0.2) is 0 Å². The number of hydrogen-bond acceptors (Lipinski definition) is 1. The zero-order chi connectivity index (χ0) is 9.00. The Hall–Kier alpha value is -0.530. The van der Waals surface area contributed by atoms with Crippen LogP contribution in [-0.2, 0) is 4.79 Å². The van der Waals surface area contributed by atoms with E-state index in [1.54, 1.807) is 6.92 Å². The Bertz CT molecular complexity index is 220. The van der Waals surface area contributed by atoms with Gasteiger partial charge in [-0.05, 0) is 43.9 Å². The van der Waals surface area contributed by atoms with Gasteiger partial charge in [0.25, 0.3) is 0 Å². The minimum atomic E-state index is 0.314. The summed E-state index contributed by atoms with van der Waals surface area (Å²) in [7, 11) is 0. The van der Waals surface area contributed by atoms with Crippen molar-refractivity contribution >= 4 is 5.91 Å². The molecular weight excluding hydrogens is 162 g/mol. The Balaban J connectivity index is 1.89. The molecule has 4 aliphatic rings. The van der Waals surface area contributed by atoms with Crippen LogP contribution in [0.5, 0.6) is 0 Å². The first-order chi connectivity index (χ1) is 6.24. The number of hydrogen-bond donors (Lipinski definition) is 0. The second-order valence-corrected chi connectivity index (χ2v) is 5.14. The Morgan fingerprint density at radius 3 is 1.85 bits per heavy atom. The monoisotopic (exact) mass is 179 g/mol. The average Bonchev–Trinajstić information content (AvgIpc) is 2.00. The molecule has 0 unspecified atom stereocenters. The van der Waals surface area contributed by atoms with E-state index in [4.69, 9.17) is 0 Å². The largest absolute Gasteiger partial charge is 0.337 e. The molecule has 0 atom stereocenters. The molecule has 72 valence electrons. The quantitative estimate of drug-likeness (QED) is 0.555. The van der Waals surface area contributed by atoms with Crippen LogP contribution >= 0.6 is 0 Å². The maximum absolute atomic E-state index is 11.5. The van der Waals surface area contributed by atoms with Gasteiger partial charge in [0.15, 0.2) is 0 Å². The lowest BCUT2D eigenvalue weighted by atomic mass is 9.63. The fourth-order valence-electron chi connectivity index (χ4n) is 4.05. The van der Waals surface area contributed by atoms with Gasteiger partial charge in [-0.1, -0.05) is 0 Å². The van der Waals surface area contributed by atoms with Gasteiger partial charge in [0.05, 0.1) is 0 Å². The van der Waals surface area contributed by atoms with Crippen molar-refractivity contribution in [3.63, 3.8) is 0 Å². The Morgan fingerprint density at radius 1 is 1.00 bits per heavy atom. The van der Waals surface area contributed by atoms with Crippen molar-refractivity contribution in [3.8, 4) is 0 Å². The zero-order valence-electron chi connectivity index (χ0n) is 8.20. The van der Waals surface area contributed by atoms with E-state index >= 15 is 0 Å². The second kappa shape index (κ2) is 2.49. The van der Waals surface area contributed by atoms with Crippen LogP contribution in [0.2, 0.25) is 0 Å². The summed E-state index contributed by atoms with van der Waals surface area (Å²) in [5.41, 5.74) is 0. The smallest absolute Gasteiger partial charge is 0.219 e. The molecule has 0 aromatic carbocycles. The normalized spacial score (nSPS) is 47.0. The van der Waals surface area contributed by atoms with Crippen molar-refractivity contribution < 1.29 is 4.79 Å². The van der Waals surface area contributed by atoms with Crippen LogP contribution in [0.4, 0.5) is 0 Å². The number of rotatable bonds is 0. The Kier molecular flexibility index (Phi) is 1.50. The third kappa shape index (κ3) is 1.04. The first-order valence-electron chi connectivity index (χ1n) is 5.53. The fourth-order valence-corrected chi connectivity index (χ4v) is 4.05. The van der Waals surface area contributed by atoms with Crippen molar-refractivity contribution in [1.82, 2.24) is 4.90 Å². The molecule has 2 saturated heterocycles. The summed E-state index contributed by atoms with van der Waals surface area (Å²) in [4.78, 5) is 13.6. The molecule has 4 fully saturated rings. The van der Waals surface area contributed by atoms with Gasteiger partial charge in [-0.3, -0.25) is 4.79 Å². The summed E-state index contributed by atoms with van der Waals surface area (Å²) < 4.78 is 0. The highest BCUT2D eigenvalue weighted by atomic mass is 16.2. The molecule has 2 heteroatoms. The maximum Gasteiger partial charge on any atom is 0.219 e. The molecule has 0 N–H and O–H groups in total. The summed E-state index contributed by atoms with van der Waals surface area (Å²) in [5.74, 6) is 2.23.